The van der Waals surface area contributed by atoms with Crippen molar-refractivity contribution in [3.63, 3.8) is 0 Å². The molecule has 0 aliphatic carbocycles. The van der Waals surface area contributed by atoms with Gasteiger partial charge in [-0.3, -0.25) is 0 Å². The van der Waals surface area contributed by atoms with Gasteiger partial charge in [0.2, 0.25) is 0 Å². The van der Waals surface area contributed by atoms with Gasteiger partial charge in [-0.2, -0.15) is 4.67 Å². The molecule has 0 amide bonds. The molecule has 98 valence electrons. The predicted molar refractivity (Wildman–Crippen MR) is 68.8 cm³/mol. The Morgan fingerprint density at radius 1 is 1.12 bits per heavy atom. The second-order valence-corrected chi connectivity index (χ2v) is 5.69. The van der Waals surface area contributed by atoms with Crippen molar-refractivity contribution in [1.82, 2.24) is 0 Å². The zero-order valence-corrected chi connectivity index (χ0v) is 11.8. The van der Waals surface area contributed by atoms with Crippen molar-refractivity contribution in [3.8, 4) is 0 Å². The van der Waals surface area contributed by atoms with E-state index in [4.69, 9.17) is 14.7 Å². The number of hydrogen-bond acceptors (Lipinski definition) is 5. The molecule has 0 aliphatic heterocycles. The average Bonchev–Trinajstić information content (AvgIpc) is 2.25. The third kappa shape index (κ3) is 12.7. The second kappa shape index (κ2) is 12.1. The van der Waals surface area contributed by atoms with E-state index in [0.29, 0.717) is 0 Å². The lowest BCUT2D eigenvalue weighted by atomic mass is 10.1. The highest BCUT2D eigenvalue weighted by molar-refractivity contribution is 7.99. The fraction of sp³-hybridized carbons (Fsp3) is 1.00. The molecule has 1 atom stereocenters. The molecule has 0 spiro atoms. The summed E-state index contributed by atoms with van der Waals surface area (Å²) in [5, 5.41) is 0. The fourth-order valence-corrected chi connectivity index (χ4v) is 2.32. The van der Waals surface area contributed by atoms with E-state index in [1.807, 2.05) is 6.92 Å². The van der Waals surface area contributed by atoms with E-state index >= 15 is 0 Å². The van der Waals surface area contributed by atoms with Gasteiger partial charge in [-0.1, -0.05) is 39.0 Å². The molecule has 0 radical (unpaired) electrons. The minimum absolute atomic E-state index is 0.153. The number of rotatable bonds is 11. The van der Waals surface area contributed by atoms with Crippen molar-refractivity contribution in [3.05, 3.63) is 0 Å². The summed E-state index contributed by atoms with van der Waals surface area (Å²) >= 11 is 1.62. The lowest BCUT2D eigenvalue weighted by molar-refractivity contribution is -0.220. The van der Waals surface area contributed by atoms with Crippen LogP contribution in [0.25, 0.3) is 0 Å². The SMILES string of the molecule is CCCCCCCCSC(C)OOP(O)O. The summed E-state index contributed by atoms with van der Waals surface area (Å²) < 4.78 is 4.27. The highest BCUT2D eigenvalue weighted by atomic mass is 32.2. The van der Waals surface area contributed by atoms with E-state index < -0.39 is 8.60 Å². The van der Waals surface area contributed by atoms with Crippen molar-refractivity contribution in [2.45, 2.75) is 57.8 Å². The average molecular weight is 270 g/mol. The van der Waals surface area contributed by atoms with Gasteiger partial charge in [-0.15, -0.1) is 11.8 Å². The summed E-state index contributed by atoms with van der Waals surface area (Å²) in [6.07, 6.45) is 7.68. The van der Waals surface area contributed by atoms with Gasteiger partial charge in [0.1, 0.15) is 5.44 Å². The van der Waals surface area contributed by atoms with Crippen LogP contribution in [-0.2, 0) is 9.56 Å². The molecule has 1 unspecified atom stereocenters. The minimum Gasteiger partial charge on any atom is -0.327 e. The lowest BCUT2D eigenvalue weighted by Crippen LogP contribution is -2.03. The van der Waals surface area contributed by atoms with E-state index in [1.165, 1.54) is 38.5 Å². The van der Waals surface area contributed by atoms with Crippen LogP contribution in [0.5, 0.6) is 0 Å². The van der Waals surface area contributed by atoms with Crippen LogP contribution in [0, 0.1) is 0 Å². The lowest BCUT2D eigenvalue weighted by Gasteiger charge is -2.10. The van der Waals surface area contributed by atoms with Crippen LogP contribution < -0.4 is 0 Å². The van der Waals surface area contributed by atoms with E-state index in [1.54, 1.807) is 11.8 Å². The summed E-state index contributed by atoms with van der Waals surface area (Å²) in [6.45, 7) is 4.05. The molecule has 0 aromatic heterocycles. The first-order valence-corrected chi connectivity index (χ1v) is 8.01. The zero-order valence-electron chi connectivity index (χ0n) is 10.1. The first-order chi connectivity index (χ1) is 7.66. The molecule has 0 bridgehead atoms. The molecule has 0 fully saturated rings. The second-order valence-electron chi connectivity index (χ2n) is 3.63. The molecule has 0 rings (SSSR count). The van der Waals surface area contributed by atoms with Crippen molar-refractivity contribution in [2.24, 2.45) is 0 Å². The number of unbranched alkanes of at least 4 members (excludes halogenated alkanes) is 5. The van der Waals surface area contributed by atoms with Gasteiger partial charge < -0.3 is 9.79 Å². The standard InChI is InChI=1S/C10H23O4PS/c1-3-4-5-6-7-8-9-16-10(2)13-14-15(11)12/h10-12H,3-9H2,1-2H3. The molecule has 4 nitrogen and oxygen atoms in total. The maximum atomic E-state index is 8.46. The van der Waals surface area contributed by atoms with Crippen molar-refractivity contribution < 1.29 is 19.3 Å². The van der Waals surface area contributed by atoms with E-state index in [2.05, 4.69) is 11.6 Å². The predicted octanol–water partition coefficient (Wildman–Crippen LogP) is 3.59. The van der Waals surface area contributed by atoms with Gasteiger partial charge in [0.25, 0.3) is 0 Å². The van der Waals surface area contributed by atoms with Crippen LogP contribution >= 0.6 is 20.4 Å². The van der Waals surface area contributed by atoms with E-state index in [0.717, 1.165) is 5.75 Å². The van der Waals surface area contributed by atoms with Crippen molar-refractivity contribution in [1.29, 1.82) is 0 Å². The first kappa shape index (κ1) is 16.6. The third-order valence-corrected chi connectivity index (χ3v) is 3.39. The molecule has 0 aromatic rings. The van der Waals surface area contributed by atoms with Crippen molar-refractivity contribution in [2.75, 3.05) is 5.75 Å². The fourth-order valence-electron chi connectivity index (χ4n) is 1.26. The van der Waals surface area contributed by atoms with Crippen LogP contribution in [0.4, 0.5) is 0 Å². The first-order valence-electron chi connectivity index (χ1n) is 5.79. The Bertz CT molecular complexity index is 149. The normalized spacial score (nSPS) is 13.3. The van der Waals surface area contributed by atoms with Gasteiger partial charge in [0.05, 0.1) is 0 Å². The Kier molecular flexibility index (Phi) is 12.6. The molecule has 16 heavy (non-hydrogen) atoms. The topological polar surface area (TPSA) is 58.9 Å². The van der Waals surface area contributed by atoms with Gasteiger partial charge in [-0.25, -0.2) is 4.89 Å². The number of hydrogen-bond donors (Lipinski definition) is 2. The largest absolute Gasteiger partial charge is 0.357 e. The molecule has 0 saturated heterocycles. The van der Waals surface area contributed by atoms with Crippen LogP contribution in [-0.4, -0.2) is 21.0 Å². The molecule has 2 N–H and O–H groups in total. The molecule has 6 heteroatoms. The smallest absolute Gasteiger partial charge is 0.327 e. The maximum absolute atomic E-state index is 8.46. The molecule has 0 aromatic carbocycles. The Balaban J connectivity index is 3.12. The Morgan fingerprint density at radius 3 is 2.38 bits per heavy atom. The third-order valence-electron chi connectivity index (χ3n) is 2.10. The van der Waals surface area contributed by atoms with Gasteiger partial charge >= 0.3 is 8.60 Å². The Morgan fingerprint density at radius 2 is 1.75 bits per heavy atom. The summed E-state index contributed by atoms with van der Waals surface area (Å²) in [7, 11) is -2.40. The van der Waals surface area contributed by atoms with Crippen LogP contribution in [0.1, 0.15) is 52.4 Å². The quantitative estimate of drug-likeness (QED) is 0.197. The van der Waals surface area contributed by atoms with Gasteiger partial charge in [0.15, 0.2) is 0 Å². The van der Waals surface area contributed by atoms with Gasteiger partial charge in [-0.05, 0) is 19.1 Å². The molecular weight excluding hydrogens is 247 g/mol. The Hall–Kier alpha value is 0.620. The number of thioether (sulfide) groups is 1. The molecule has 0 heterocycles. The monoisotopic (exact) mass is 270 g/mol. The summed E-state index contributed by atoms with van der Waals surface area (Å²) in [6, 6.07) is 0. The highest BCUT2D eigenvalue weighted by Crippen LogP contribution is 2.27. The Labute approximate surface area is 104 Å². The highest BCUT2D eigenvalue weighted by Gasteiger charge is 2.07. The molecule has 0 saturated carbocycles. The van der Waals surface area contributed by atoms with Crippen LogP contribution in [0.3, 0.4) is 0 Å². The summed E-state index contributed by atoms with van der Waals surface area (Å²) in [5.74, 6) is 1.02. The van der Waals surface area contributed by atoms with Crippen LogP contribution in [0.15, 0.2) is 0 Å². The molecule has 0 aliphatic rings. The van der Waals surface area contributed by atoms with Crippen molar-refractivity contribution >= 4 is 20.4 Å². The minimum atomic E-state index is -2.40. The van der Waals surface area contributed by atoms with Crippen LogP contribution in [0.2, 0.25) is 0 Å². The summed E-state index contributed by atoms with van der Waals surface area (Å²) in [5.41, 5.74) is -0.153. The van der Waals surface area contributed by atoms with Gasteiger partial charge in [0, 0.05) is 0 Å². The van der Waals surface area contributed by atoms with E-state index in [9.17, 15) is 0 Å². The maximum Gasteiger partial charge on any atom is 0.357 e. The zero-order chi connectivity index (χ0) is 12.2. The molecular formula is C10H23O4PS. The summed E-state index contributed by atoms with van der Waals surface area (Å²) in [4.78, 5) is 21.7. The van der Waals surface area contributed by atoms with E-state index in [-0.39, 0.29) is 5.44 Å².